The molecule has 0 bridgehead atoms. The summed E-state index contributed by atoms with van der Waals surface area (Å²) in [7, 11) is 1.44. The van der Waals surface area contributed by atoms with E-state index in [4.69, 9.17) is 4.42 Å². The molecule has 3 aromatic rings. The summed E-state index contributed by atoms with van der Waals surface area (Å²) >= 11 is 1.09. The van der Waals surface area contributed by atoms with Crippen molar-refractivity contribution in [1.82, 2.24) is 20.8 Å². The van der Waals surface area contributed by atoms with Crippen LogP contribution in [0.4, 0.5) is 4.79 Å². The summed E-state index contributed by atoms with van der Waals surface area (Å²) < 4.78 is 5.74. The van der Waals surface area contributed by atoms with E-state index in [0.29, 0.717) is 5.89 Å². The van der Waals surface area contributed by atoms with Crippen LogP contribution in [0.2, 0.25) is 0 Å². The molecule has 0 fully saturated rings. The second kappa shape index (κ2) is 8.50. The fourth-order valence-corrected chi connectivity index (χ4v) is 3.30. The van der Waals surface area contributed by atoms with Crippen LogP contribution in [0.5, 0.6) is 0 Å². The van der Waals surface area contributed by atoms with Crippen molar-refractivity contribution in [2.45, 2.75) is 17.4 Å². The third kappa shape index (κ3) is 4.53. The number of carbonyl (C=O) groups excluding carboxylic acids is 2. The van der Waals surface area contributed by atoms with Gasteiger partial charge in [-0.2, -0.15) is 0 Å². The molecule has 3 rings (SSSR count). The maximum atomic E-state index is 12.6. The zero-order valence-electron chi connectivity index (χ0n) is 14.8. The number of imide groups is 1. The first-order valence-corrected chi connectivity index (χ1v) is 9.10. The average molecular weight is 382 g/mol. The smallest absolute Gasteiger partial charge is 0.321 e. The Labute approximate surface area is 160 Å². The molecule has 0 aliphatic carbocycles. The number of benzene rings is 2. The van der Waals surface area contributed by atoms with Gasteiger partial charge < -0.3 is 9.73 Å². The van der Waals surface area contributed by atoms with Crippen LogP contribution >= 0.6 is 11.8 Å². The van der Waals surface area contributed by atoms with Gasteiger partial charge in [0.05, 0.1) is 0 Å². The van der Waals surface area contributed by atoms with E-state index in [1.807, 2.05) is 49.4 Å². The number of urea groups is 1. The average Bonchev–Trinajstić information content (AvgIpc) is 3.15. The molecule has 0 aliphatic heterocycles. The standard InChI is InChI=1S/C19H18N4O3S/c1-12-8-6-7-11-14(12)17-22-23-19(26-17)27-15(13-9-4-3-5-10-13)16(24)21-18(25)20-2/h3-11,15H,1-2H3,(H2,20,21,24,25)/t15-/m1/s1. The Hall–Kier alpha value is -3.13. The molecule has 3 amide bonds. The topological polar surface area (TPSA) is 97.1 Å². The van der Waals surface area contributed by atoms with Gasteiger partial charge >= 0.3 is 6.03 Å². The van der Waals surface area contributed by atoms with Gasteiger partial charge in [-0.05, 0) is 35.9 Å². The lowest BCUT2D eigenvalue weighted by molar-refractivity contribution is -0.119. The van der Waals surface area contributed by atoms with E-state index in [2.05, 4.69) is 20.8 Å². The Balaban J connectivity index is 1.85. The summed E-state index contributed by atoms with van der Waals surface area (Å²) in [6, 6.07) is 16.2. The summed E-state index contributed by atoms with van der Waals surface area (Å²) in [5.74, 6) is -0.0877. The number of hydrogen-bond donors (Lipinski definition) is 2. The lowest BCUT2D eigenvalue weighted by atomic mass is 10.1. The van der Waals surface area contributed by atoms with Crippen LogP contribution in [0, 0.1) is 6.92 Å². The van der Waals surface area contributed by atoms with E-state index in [-0.39, 0.29) is 5.22 Å². The number of hydrogen-bond acceptors (Lipinski definition) is 6. The lowest BCUT2D eigenvalue weighted by Crippen LogP contribution is -2.39. The lowest BCUT2D eigenvalue weighted by Gasteiger charge is -2.14. The number of aromatic nitrogens is 2. The number of aryl methyl sites for hydroxylation is 1. The SMILES string of the molecule is CNC(=O)NC(=O)[C@H](Sc1nnc(-c2ccccc2C)o1)c1ccccc1. The largest absolute Gasteiger partial charge is 0.411 e. The highest BCUT2D eigenvalue weighted by molar-refractivity contribution is 8.00. The molecule has 138 valence electrons. The van der Waals surface area contributed by atoms with Gasteiger partial charge in [0.2, 0.25) is 11.8 Å². The molecule has 8 heteroatoms. The maximum absolute atomic E-state index is 12.6. The molecule has 0 radical (unpaired) electrons. The van der Waals surface area contributed by atoms with Crippen LogP contribution in [-0.2, 0) is 4.79 Å². The molecule has 0 spiro atoms. The molecule has 2 aromatic carbocycles. The van der Waals surface area contributed by atoms with Gasteiger partial charge in [-0.1, -0.05) is 48.5 Å². The molecule has 0 saturated heterocycles. The molecule has 2 N–H and O–H groups in total. The highest BCUT2D eigenvalue weighted by Gasteiger charge is 2.26. The van der Waals surface area contributed by atoms with Crippen molar-refractivity contribution < 1.29 is 14.0 Å². The van der Waals surface area contributed by atoms with Gasteiger partial charge in [0, 0.05) is 12.6 Å². The van der Waals surface area contributed by atoms with Crippen LogP contribution < -0.4 is 10.6 Å². The molecule has 1 heterocycles. The van der Waals surface area contributed by atoms with E-state index < -0.39 is 17.2 Å². The summed E-state index contributed by atoms with van der Waals surface area (Å²) in [6.45, 7) is 1.95. The van der Waals surface area contributed by atoms with E-state index in [1.54, 1.807) is 12.1 Å². The number of thioether (sulfide) groups is 1. The van der Waals surface area contributed by atoms with Gasteiger partial charge in [0.1, 0.15) is 5.25 Å². The van der Waals surface area contributed by atoms with E-state index in [0.717, 1.165) is 28.5 Å². The van der Waals surface area contributed by atoms with Crippen molar-refractivity contribution in [2.24, 2.45) is 0 Å². The van der Waals surface area contributed by atoms with Crippen LogP contribution in [0.25, 0.3) is 11.5 Å². The predicted octanol–water partition coefficient (Wildman–Crippen LogP) is 3.33. The second-order valence-electron chi connectivity index (χ2n) is 5.66. The normalized spacial score (nSPS) is 11.6. The third-order valence-corrected chi connectivity index (χ3v) is 4.89. The molecular weight excluding hydrogens is 364 g/mol. The quantitative estimate of drug-likeness (QED) is 0.657. The van der Waals surface area contributed by atoms with Crippen molar-refractivity contribution >= 4 is 23.7 Å². The summed E-state index contributed by atoms with van der Waals surface area (Å²) in [5.41, 5.74) is 2.57. The van der Waals surface area contributed by atoms with Gasteiger partial charge in [0.15, 0.2) is 0 Å². The van der Waals surface area contributed by atoms with Gasteiger partial charge in [0.25, 0.3) is 5.22 Å². The van der Waals surface area contributed by atoms with Crippen LogP contribution in [0.1, 0.15) is 16.4 Å². The van der Waals surface area contributed by atoms with E-state index in [9.17, 15) is 9.59 Å². The molecule has 1 aromatic heterocycles. The number of amides is 3. The first-order chi connectivity index (χ1) is 13.1. The van der Waals surface area contributed by atoms with Gasteiger partial charge in [-0.25, -0.2) is 4.79 Å². The Morgan fingerprint density at radius 2 is 1.74 bits per heavy atom. The minimum Gasteiger partial charge on any atom is -0.411 e. The molecular formula is C19H18N4O3S. The highest BCUT2D eigenvalue weighted by atomic mass is 32.2. The molecule has 0 unspecified atom stereocenters. The Morgan fingerprint density at radius 1 is 1.04 bits per heavy atom. The summed E-state index contributed by atoms with van der Waals surface area (Å²) in [4.78, 5) is 24.1. The zero-order chi connectivity index (χ0) is 19.2. The van der Waals surface area contributed by atoms with Crippen molar-refractivity contribution in [2.75, 3.05) is 7.05 Å². The van der Waals surface area contributed by atoms with E-state index in [1.165, 1.54) is 7.05 Å². The summed E-state index contributed by atoms with van der Waals surface area (Å²) in [6.07, 6.45) is 0. The van der Waals surface area contributed by atoms with Crippen LogP contribution in [-0.4, -0.2) is 29.2 Å². The van der Waals surface area contributed by atoms with Gasteiger partial charge in [-0.15, -0.1) is 10.2 Å². The second-order valence-corrected chi connectivity index (χ2v) is 6.72. The number of carbonyl (C=O) groups is 2. The Morgan fingerprint density at radius 3 is 2.44 bits per heavy atom. The van der Waals surface area contributed by atoms with Crippen molar-refractivity contribution in [3.8, 4) is 11.5 Å². The monoisotopic (exact) mass is 382 g/mol. The molecule has 7 nitrogen and oxygen atoms in total. The molecule has 1 atom stereocenters. The fourth-order valence-electron chi connectivity index (χ4n) is 2.42. The van der Waals surface area contributed by atoms with Crippen molar-refractivity contribution in [3.63, 3.8) is 0 Å². The Bertz CT molecular complexity index is 943. The Kier molecular flexibility index (Phi) is 5.87. The molecule has 0 aliphatic rings. The number of nitrogens with zero attached hydrogens (tertiary/aromatic N) is 2. The van der Waals surface area contributed by atoms with Crippen LogP contribution in [0.3, 0.4) is 0 Å². The van der Waals surface area contributed by atoms with Gasteiger partial charge in [-0.3, -0.25) is 10.1 Å². The van der Waals surface area contributed by atoms with Crippen molar-refractivity contribution in [1.29, 1.82) is 0 Å². The zero-order valence-corrected chi connectivity index (χ0v) is 15.6. The van der Waals surface area contributed by atoms with E-state index >= 15 is 0 Å². The number of rotatable bonds is 5. The summed E-state index contributed by atoms with van der Waals surface area (Å²) in [5, 5.41) is 12.3. The van der Waals surface area contributed by atoms with Crippen LogP contribution in [0.15, 0.2) is 64.2 Å². The highest BCUT2D eigenvalue weighted by Crippen LogP contribution is 2.36. The molecule has 0 saturated carbocycles. The third-order valence-electron chi connectivity index (χ3n) is 3.80. The first kappa shape index (κ1) is 18.7. The number of nitrogens with one attached hydrogen (secondary N) is 2. The maximum Gasteiger partial charge on any atom is 0.321 e. The predicted molar refractivity (Wildman–Crippen MR) is 102 cm³/mol. The fraction of sp³-hybridized carbons (Fsp3) is 0.158. The first-order valence-electron chi connectivity index (χ1n) is 8.22. The molecule has 27 heavy (non-hydrogen) atoms. The van der Waals surface area contributed by atoms with Crippen molar-refractivity contribution in [3.05, 3.63) is 65.7 Å². The minimum absolute atomic E-state index is 0.245. The minimum atomic E-state index is -0.714.